The van der Waals surface area contributed by atoms with Crippen molar-refractivity contribution in [2.45, 2.75) is 12.3 Å². The minimum atomic E-state index is 0.309. The van der Waals surface area contributed by atoms with Crippen molar-refractivity contribution < 1.29 is 24.0 Å². The van der Waals surface area contributed by atoms with Crippen LogP contribution >= 0.6 is 0 Å². The highest BCUT2D eigenvalue weighted by molar-refractivity contribution is 5.42. The summed E-state index contributed by atoms with van der Waals surface area (Å²) in [4.78, 5) is 41.7. The second-order valence-electron chi connectivity index (χ2n) is 8.32. The lowest BCUT2D eigenvalue weighted by Crippen LogP contribution is -2.02. The predicted octanol–water partition coefficient (Wildman–Crippen LogP) is 7.65. The molecule has 10 nitrogen and oxygen atoms in total. The molecule has 0 aliphatic carbocycles. The molecule has 5 rings (SSSR count). The Kier molecular flexibility index (Phi) is 28.6. The SMILES string of the molecule is N=C=O.N=C=O.N=C=O.N=C=O.N=C=O.c1ccc(C(c2ccccc2)c2ccccc2)cc1.c1ccc(Cc2ccccc2)cc1. The van der Waals surface area contributed by atoms with E-state index >= 15 is 0 Å². The van der Waals surface area contributed by atoms with Gasteiger partial charge in [-0.25, -0.2) is 51.0 Å². The number of rotatable bonds is 5. The van der Waals surface area contributed by atoms with Crippen LogP contribution in [0.2, 0.25) is 0 Å². The van der Waals surface area contributed by atoms with Crippen molar-refractivity contribution in [1.82, 2.24) is 0 Å². The topological polar surface area (TPSA) is 205 Å². The van der Waals surface area contributed by atoms with E-state index in [2.05, 4.69) is 152 Å². The van der Waals surface area contributed by atoms with E-state index in [4.69, 9.17) is 51.0 Å². The van der Waals surface area contributed by atoms with Crippen LogP contribution in [-0.2, 0) is 30.4 Å². The number of carbonyl (C=O) groups excluding carboxylic acids is 5. The summed E-state index contributed by atoms with van der Waals surface area (Å²) in [5, 5.41) is 27.0. The van der Waals surface area contributed by atoms with Gasteiger partial charge in [-0.05, 0) is 34.2 Å². The van der Waals surface area contributed by atoms with Crippen molar-refractivity contribution in [1.29, 1.82) is 27.0 Å². The number of hydrogen-bond acceptors (Lipinski definition) is 10. The summed E-state index contributed by atoms with van der Waals surface area (Å²) in [7, 11) is 0. The lowest BCUT2D eigenvalue weighted by molar-refractivity contribution is 0.562. The van der Waals surface area contributed by atoms with E-state index < -0.39 is 0 Å². The second kappa shape index (κ2) is 31.9. The molecule has 0 atom stereocenters. The first-order chi connectivity index (χ1) is 23.0. The van der Waals surface area contributed by atoms with E-state index in [0.29, 0.717) is 5.92 Å². The predicted molar refractivity (Wildman–Crippen MR) is 178 cm³/mol. The van der Waals surface area contributed by atoms with Gasteiger partial charge in [-0.15, -0.1) is 0 Å². The molecule has 0 amide bonds. The quantitative estimate of drug-likeness (QED) is 0.0754. The van der Waals surface area contributed by atoms with Crippen LogP contribution in [0.1, 0.15) is 33.7 Å². The van der Waals surface area contributed by atoms with E-state index in [-0.39, 0.29) is 0 Å². The highest BCUT2D eigenvalue weighted by atomic mass is 16.1. The summed E-state index contributed by atoms with van der Waals surface area (Å²) >= 11 is 0. The monoisotopic (exact) mass is 627 g/mol. The Labute approximate surface area is 272 Å². The first kappa shape index (κ1) is 42.1. The minimum absolute atomic E-state index is 0.309. The third-order valence-corrected chi connectivity index (χ3v) is 5.49. The van der Waals surface area contributed by atoms with Crippen LogP contribution in [0, 0.1) is 27.0 Å². The molecule has 0 aromatic heterocycles. The molecule has 0 fully saturated rings. The van der Waals surface area contributed by atoms with Gasteiger partial charge in [0, 0.05) is 5.92 Å². The van der Waals surface area contributed by atoms with Crippen LogP contribution in [0.4, 0.5) is 0 Å². The summed E-state index contributed by atoms with van der Waals surface area (Å²) in [6, 6.07) is 53.1. The van der Waals surface area contributed by atoms with Gasteiger partial charge in [-0.2, -0.15) is 0 Å². The number of benzene rings is 5. The Morgan fingerprint density at radius 2 is 0.511 bits per heavy atom. The van der Waals surface area contributed by atoms with Crippen molar-refractivity contribution in [3.63, 3.8) is 0 Å². The number of nitrogens with one attached hydrogen (secondary N) is 5. The lowest BCUT2D eigenvalue weighted by atomic mass is 9.85. The molecule has 5 aromatic carbocycles. The molecule has 0 saturated heterocycles. The van der Waals surface area contributed by atoms with E-state index in [1.165, 1.54) is 27.8 Å². The Morgan fingerprint density at radius 1 is 0.340 bits per heavy atom. The normalized spacial score (nSPS) is 7.85. The Hall–Kier alpha value is -7.00. The number of hydrogen-bond donors (Lipinski definition) is 5. The van der Waals surface area contributed by atoms with Crippen LogP contribution in [-0.4, -0.2) is 30.4 Å². The molecular formula is C37H33N5O5. The van der Waals surface area contributed by atoms with Gasteiger partial charge < -0.3 is 0 Å². The van der Waals surface area contributed by atoms with Crippen LogP contribution in [0.15, 0.2) is 152 Å². The number of isocyanates is 5. The third kappa shape index (κ3) is 22.2. The maximum Gasteiger partial charge on any atom is 0.231 e. The zero-order valence-corrected chi connectivity index (χ0v) is 25.3. The van der Waals surface area contributed by atoms with Crippen LogP contribution in [0.5, 0.6) is 0 Å². The zero-order valence-electron chi connectivity index (χ0n) is 25.3. The van der Waals surface area contributed by atoms with Crippen molar-refractivity contribution in [2.24, 2.45) is 0 Å². The maximum absolute atomic E-state index is 8.35. The van der Waals surface area contributed by atoms with Crippen LogP contribution < -0.4 is 0 Å². The first-order valence-electron chi connectivity index (χ1n) is 13.4. The second-order valence-corrected chi connectivity index (χ2v) is 8.32. The standard InChI is InChI=1S/C19H16.C13H12.5CHNO/c1-4-10-16(11-5-1)19(17-12-6-2-7-13-17)18-14-8-3-9-15-18;1-3-7-12(8-4-1)11-13-9-5-2-6-10-13;5*2-1-3/h1-15,19H;1-10H,11H2;5*2H. The molecule has 0 radical (unpaired) electrons. The van der Waals surface area contributed by atoms with Gasteiger partial charge in [-0.1, -0.05) is 152 Å². The maximum atomic E-state index is 8.35. The molecule has 47 heavy (non-hydrogen) atoms. The average Bonchev–Trinajstić information content (AvgIpc) is 3.10. The molecule has 0 heterocycles. The van der Waals surface area contributed by atoms with Gasteiger partial charge in [0.05, 0.1) is 0 Å². The van der Waals surface area contributed by atoms with Gasteiger partial charge in [0.1, 0.15) is 0 Å². The summed E-state index contributed by atoms with van der Waals surface area (Å²) < 4.78 is 0. The lowest BCUT2D eigenvalue weighted by Gasteiger charge is -2.18. The first-order valence-corrected chi connectivity index (χ1v) is 13.4. The van der Waals surface area contributed by atoms with Gasteiger partial charge in [0.2, 0.25) is 30.4 Å². The molecule has 0 saturated carbocycles. The Bertz CT molecular complexity index is 1440. The van der Waals surface area contributed by atoms with Gasteiger partial charge in [0.15, 0.2) is 0 Å². The molecule has 0 bridgehead atoms. The fourth-order valence-corrected chi connectivity index (χ4v) is 3.94. The smallest absolute Gasteiger partial charge is 0.222 e. The summed E-state index contributed by atoms with van der Waals surface area (Å²) in [6.45, 7) is 0. The zero-order chi connectivity index (χ0) is 35.4. The van der Waals surface area contributed by atoms with Crippen molar-refractivity contribution in [2.75, 3.05) is 0 Å². The van der Waals surface area contributed by atoms with Crippen LogP contribution in [0.25, 0.3) is 0 Å². The summed E-state index contributed by atoms with van der Waals surface area (Å²) in [5.74, 6) is 0.309. The molecule has 236 valence electrons. The van der Waals surface area contributed by atoms with Gasteiger partial charge in [0.25, 0.3) is 0 Å². The van der Waals surface area contributed by atoms with Gasteiger partial charge >= 0.3 is 0 Å². The molecule has 0 unspecified atom stereocenters. The van der Waals surface area contributed by atoms with E-state index in [1.807, 2.05) is 0 Å². The highest BCUT2D eigenvalue weighted by Crippen LogP contribution is 2.31. The average molecular weight is 628 g/mol. The fourth-order valence-electron chi connectivity index (χ4n) is 3.94. The molecule has 10 heteroatoms. The van der Waals surface area contributed by atoms with E-state index in [1.54, 1.807) is 0 Å². The van der Waals surface area contributed by atoms with Gasteiger partial charge in [-0.3, -0.25) is 0 Å². The van der Waals surface area contributed by atoms with Crippen LogP contribution in [0.3, 0.4) is 0 Å². The third-order valence-electron chi connectivity index (χ3n) is 5.49. The van der Waals surface area contributed by atoms with Crippen molar-refractivity contribution in [3.05, 3.63) is 179 Å². The fraction of sp³-hybridized carbons (Fsp3) is 0.0541. The van der Waals surface area contributed by atoms with Crippen molar-refractivity contribution >= 4 is 30.4 Å². The molecule has 5 aromatic rings. The molecule has 0 spiro atoms. The Balaban J connectivity index is 0. The molecule has 0 aliphatic rings. The van der Waals surface area contributed by atoms with Crippen molar-refractivity contribution in [3.8, 4) is 0 Å². The minimum Gasteiger partial charge on any atom is -0.222 e. The van der Waals surface area contributed by atoms with E-state index in [0.717, 1.165) is 36.8 Å². The largest absolute Gasteiger partial charge is 0.231 e. The Morgan fingerprint density at radius 3 is 0.702 bits per heavy atom. The summed E-state index contributed by atoms with van der Waals surface area (Å²) in [6.07, 6.45) is 4.78. The highest BCUT2D eigenvalue weighted by Gasteiger charge is 2.15. The molecular weight excluding hydrogens is 594 g/mol. The molecule has 5 N–H and O–H groups in total. The summed E-state index contributed by atoms with van der Waals surface area (Å²) in [5.41, 5.74) is 6.74. The molecule has 0 aliphatic heterocycles. The van der Waals surface area contributed by atoms with E-state index in [9.17, 15) is 0 Å².